The summed E-state index contributed by atoms with van der Waals surface area (Å²) in [6.45, 7) is 10.6. The van der Waals surface area contributed by atoms with Crippen molar-refractivity contribution in [2.75, 3.05) is 18.0 Å². The second-order valence-corrected chi connectivity index (χ2v) is 5.20. The van der Waals surface area contributed by atoms with Gasteiger partial charge in [0.05, 0.1) is 0 Å². The number of pyridine rings is 1. The summed E-state index contributed by atoms with van der Waals surface area (Å²) in [5.41, 5.74) is 6.75. The highest BCUT2D eigenvalue weighted by Gasteiger charge is 2.13. The van der Waals surface area contributed by atoms with Gasteiger partial charge in [-0.25, -0.2) is 4.98 Å². The van der Waals surface area contributed by atoms with Crippen molar-refractivity contribution in [2.24, 2.45) is 11.7 Å². The van der Waals surface area contributed by atoms with Crippen LogP contribution in [0.1, 0.15) is 33.3 Å². The third kappa shape index (κ3) is 4.35. The van der Waals surface area contributed by atoms with E-state index in [-0.39, 0.29) is 0 Å². The molecule has 1 heterocycles. The Kier molecular flexibility index (Phi) is 5.42. The zero-order chi connectivity index (χ0) is 12.8. The topological polar surface area (TPSA) is 42.1 Å². The number of hydrogen-bond donors (Lipinski definition) is 1. The zero-order valence-corrected chi connectivity index (χ0v) is 11.5. The van der Waals surface area contributed by atoms with Gasteiger partial charge in [0.2, 0.25) is 0 Å². The number of rotatable bonds is 6. The predicted octanol–water partition coefficient (Wildman–Crippen LogP) is 2.45. The van der Waals surface area contributed by atoms with Crippen molar-refractivity contribution in [2.45, 2.75) is 40.2 Å². The molecule has 17 heavy (non-hydrogen) atoms. The van der Waals surface area contributed by atoms with Crippen LogP contribution in [0.5, 0.6) is 0 Å². The van der Waals surface area contributed by atoms with E-state index in [4.69, 9.17) is 5.73 Å². The minimum atomic E-state index is 0.477. The van der Waals surface area contributed by atoms with Crippen LogP contribution in [0.3, 0.4) is 0 Å². The lowest BCUT2D eigenvalue weighted by Crippen LogP contribution is -2.34. The van der Waals surface area contributed by atoms with Gasteiger partial charge in [0, 0.05) is 18.8 Å². The second-order valence-electron chi connectivity index (χ2n) is 5.20. The maximum Gasteiger partial charge on any atom is 0.128 e. The Morgan fingerprint density at radius 2 is 1.94 bits per heavy atom. The van der Waals surface area contributed by atoms with Crippen LogP contribution >= 0.6 is 0 Å². The summed E-state index contributed by atoms with van der Waals surface area (Å²) in [5.74, 6) is 1.71. The molecule has 1 aromatic rings. The van der Waals surface area contributed by atoms with Crippen LogP contribution in [0.2, 0.25) is 0 Å². The summed E-state index contributed by atoms with van der Waals surface area (Å²) in [6.07, 6.45) is 2.84. The van der Waals surface area contributed by atoms with Gasteiger partial charge in [-0.15, -0.1) is 0 Å². The van der Waals surface area contributed by atoms with Crippen LogP contribution in [0.15, 0.2) is 18.3 Å². The number of hydrogen-bond acceptors (Lipinski definition) is 3. The van der Waals surface area contributed by atoms with Gasteiger partial charge in [0.15, 0.2) is 0 Å². The SMILES string of the molecule is CC(C)CN(c1ccc(CCN)cn1)C(C)C. The molecule has 3 nitrogen and oxygen atoms in total. The van der Waals surface area contributed by atoms with Crippen molar-refractivity contribution >= 4 is 5.82 Å². The van der Waals surface area contributed by atoms with Gasteiger partial charge in [0.25, 0.3) is 0 Å². The fourth-order valence-corrected chi connectivity index (χ4v) is 1.86. The van der Waals surface area contributed by atoms with Gasteiger partial charge >= 0.3 is 0 Å². The first-order valence-corrected chi connectivity index (χ1v) is 6.46. The Labute approximate surface area is 105 Å². The molecule has 1 rings (SSSR count). The Hall–Kier alpha value is -1.09. The summed E-state index contributed by atoms with van der Waals surface area (Å²) in [4.78, 5) is 6.89. The summed E-state index contributed by atoms with van der Waals surface area (Å²) < 4.78 is 0. The van der Waals surface area contributed by atoms with E-state index in [1.165, 1.54) is 5.56 Å². The molecule has 0 radical (unpaired) electrons. The molecule has 96 valence electrons. The first kappa shape index (κ1) is 14.0. The minimum Gasteiger partial charge on any atom is -0.354 e. The molecular weight excluding hydrogens is 210 g/mol. The second kappa shape index (κ2) is 6.60. The summed E-state index contributed by atoms with van der Waals surface area (Å²) in [6, 6.07) is 4.71. The van der Waals surface area contributed by atoms with E-state index >= 15 is 0 Å². The normalized spacial score (nSPS) is 11.2. The zero-order valence-electron chi connectivity index (χ0n) is 11.5. The standard InChI is InChI=1S/C14H25N3/c1-11(2)10-17(12(3)4)14-6-5-13(7-8-15)9-16-14/h5-6,9,11-12H,7-8,10,15H2,1-4H3. The van der Waals surface area contributed by atoms with E-state index in [1.54, 1.807) is 0 Å². The monoisotopic (exact) mass is 235 g/mol. The van der Waals surface area contributed by atoms with E-state index in [1.807, 2.05) is 6.20 Å². The molecule has 1 aromatic heterocycles. The van der Waals surface area contributed by atoms with Crippen molar-refractivity contribution in [3.63, 3.8) is 0 Å². The largest absolute Gasteiger partial charge is 0.354 e. The van der Waals surface area contributed by atoms with E-state index in [0.29, 0.717) is 18.5 Å². The molecule has 3 heteroatoms. The third-order valence-corrected chi connectivity index (χ3v) is 2.72. The summed E-state index contributed by atoms with van der Waals surface area (Å²) >= 11 is 0. The van der Waals surface area contributed by atoms with Gasteiger partial charge < -0.3 is 10.6 Å². The lowest BCUT2D eigenvalue weighted by Gasteiger charge is -2.29. The highest BCUT2D eigenvalue weighted by atomic mass is 15.2. The molecule has 0 aliphatic heterocycles. The van der Waals surface area contributed by atoms with Crippen LogP contribution in [0.4, 0.5) is 5.82 Å². The molecule has 0 aliphatic carbocycles. The minimum absolute atomic E-state index is 0.477. The number of aromatic nitrogens is 1. The van der Waals surface area contributed by atoms with Gasteiger partial charge in [-0.1, -0.05) is 19.9 Å². The average molecular weight is 235 g/mol. The Balaban J connectivity index is 2.80. The van der Waals surface area contributed by atoms with Gasteiger partial charge in [-0.3, -0.25) is 0 Å². The van der Waals surface area contributed by atoms with E-state index in [9.17, 15) is 0 Å². The number of nitrogens with two attached hydrogens (primary N) is 1. The first-order chi connectivity index (χ1) is 8.04. The first-order valence-electron chi connectivity index (χ1n) is 6.46. The van der Waals surface area contributed by atoms with Crippen molar-refractivity contribution < 1.29 is 0 Å². The van der Waals surface area contributed by atoms with Crippen LogP contribution in [-0.2, 0) is 6.42 Å². The van der Waals surface area contributed by atoms with Crippen LogP contribution in [0, 0.1) is 5.92 Å². The van der Waals surface area contributed by atoms with Gasteiger partial charge in [-0.2, -0.15) is 0 Å². The molecule has 0 saturated heterocycles. The van der Waals surface area contributed by atoms with Crippen LogP contribution < -0.4 is 10.6 Å². The van der Waals surface area contributed by atoms with Crippen molar-refractivity contribution in [1.82, 2.24) is 4.98 Å². The summed E-state index contributed by atoms with van der Waals surface area (Å²) in [5, 5.41) is 0. The quantitative estimate of drug-likeness (QED) is 0.823. The molecule has 0 amide bonds. The van der Waals surface area contributed by atoms with Gasteiger partial charge in [0.1, 0.15) is 5.82 Å². The fraction of sp³-hybridized carbons (Fsp3) is 0.643. The molecule has 0 spiro atoms. The predicted molar refractivity (Wildman–Crippen MR) is 74.3 cm³/mol. The van der Waals surface area contributed by atoms with E-state index in [2.05, 4.69) is 49.7 Å². The van der Waals surface area contributed by atoms with Crippen molar-refractivity contribution in [1.29, 1.82) is 0 Å². The maximum absolute atomic E-state index is 5.53. The molecular formula is C14H25N3. The number of nitrogens with zero attached hydrogens (tertiary/aromatic N) is 2. The fourth-order valence-electron chi connectivity index (χ4n) is 1.86. The highest BCUT2D eigenvalue weighted by molar-refractivity contribution is 5.40. The highest BCUT2D eigenvalue weighted by Crippen LogP contribution is 2.16. The summed E-state index contributed by atoms with van der Waals surface area (Å²) in [7, 11) is 0. The van der Waals surface area contributed by atoms with Crippen molar-refractivity contribution in [3.8, 4) is 0 Å². The Morgan fingerprint density at radius 1 is 1.24 bits per heavy atom. The Morgan fingerprint density at radius 3 is 2.35 bits per heavy atom. The molecule has 0 unspecified atom stereocenters. The molecule has 0 aliphatic rings. The molecule has 0 atom stereocenters. The van der Waals surface area contributed by atoms with Crippen LogP contribution in [-0.4, -0.2) is 24.1 Å². The van der Waals surface area contributed by atoms with E-state index in [0.717, 1.165) is 18.8 Å². The Bertz CT molecular complexity index is 317. The molecule has 0 fully saturated rings. The van der Waals surface area contributed by atoms with E-state index < -0.39 is 0 Å². The van der Waals surface area contributed by atoms with Crippen LogP contribution in [0.25, 0.3) is 0 Å². The lowest BCUT2D eigenvalue weighted by molar-refractivity contribution is 0.566. The molecule has 0 bridgehead atoms. The third-order valence-electron chi connectivity index (χ3n) is 2.72. The maximum atomic E-state index is 5.53. The smallest absolute Gasteiger partial charge is 0.128 e. The number of anilines is 1. The lowest BCUT2D eigenvalue weighted by atomic mass is 10.1. The van der Waals surface area contributed by atoms with Crippen molar-refractivity contribution in [3.05, 3.63) is 23.9 Å². The molecule has 2 N–H and O–H groups in total. The molecule has 0 saturated carbocycles. The van der Waals surface area contributed by atoms with Gasteiger partial charge in [-0.05, 0) is 44.4 Å². The average Bonchev–Trinajstić information content (AvgIpc) is 2.27. The molecule has 0 aromatic carbocycles.